The Labute approximate surface area is 197 Å². The Hall–Kier alpha value is -3.64. The van der Waals surface area contributed by atoms with Crippen molar-refractivity contribution in [2.45, 2.75) is 27.2 Å². The molecular weight excluding hydrogens is 438 g/mol. The molecule has 2 amide bonds. The molecule has 1 aliphatic rings. The summed E-state index contributed by atoms with van der Waals surface area (Å²) < 4.78 is 6.23. The highest BCUT2D eigenvalue weighted by atomic mass is 35.5. The van der Waals surface area contributed by atoms with Gasteiger partial charge >= 0.3 is 0 Å². The van der Waals surface area contributed by atoms with Gasteiger partial charge in [-0.05, 0) is 55.2 Å². The largest absolute Gasteiger partial charge is 0.455 e. The lowest BCUT2D eigenvalue weighted by molar-refractivity contribution is -0.114. The molecule has 0 fully saturated rings. The van der Waals surface area contributed by atoms with E-state index in [0.29, 0.717) is 39.1 Å². The van der Waals surface area contributed by atoms with Crippen LogP contribution in [0.1, 0.15) is 36.2 Å². The van der Waals surface area contributed by atoms with Crippen molar-refractivity contribution in [1.29, 1.82) is 0 Å². The van der Waals surface area contributed by atoms with Crippen LogP contribution in [-0.4, -0.2) is 16.8 Å². The molecule has 0 bridgehead atoms. The molecule has 0 spiro atoms. The zero-order chi connectivity index (χ0) is 23.5. The number of allylic oxidation sites excluding steroid dienone is 4. The molecule has 2 heterocycles. The third kappa shape index (κ3) is 4.91. The minimum atomic E-state index is -0.276. The molecule has 2 N–H and O–H groups in total. The van der Waals surface area contributed by atoms with Crippen molar-refractivity contribution in [3.8, 4) is 22.6 Å². The number of halogens is 1. The van der Waals surface area contributed by atoms with Crippen molar-refractivity contribution in [3.05, 3.63) is 82.7 Å². The van der Waals surface area contributed by atoms with Gasteiger partial charge in [-0.1, -0.05) is 42.8 Å². The fraction of sp³-hybridized carbons (Fsp3) is 0.192. The number of pyridine rings is 1. The molecule has 1 atom stereocenters. The molecule has 1 unspecified atom stereocenters. The Morgan fingerprint density at radius 1 is 1.15 bits per heavy atom. The lowest BCUT2D eigenvalue weighted by Gasteiger charge is -2.18. The first kappa shape index (κ1) is 22.6. The maximum Gasteiger partial charge on any atom is 0.259 e. The van der Waals surface area contributed by atoms with Crippen molar-refractivity contribution < 1.29 is 14.0 Å². The van der Waals surface area contributed by atoms with Crippen molar-refractivity contribution >= 4 is 29.2 Å². The third-order valence-electron chi connectivity index (χ3n) is 5.46. The number of rotatable bonds is 5. The van der Waals surface area contributed by atoms with Gasteiger partial charge in [0, 0.05) is 29.9 Å². The molecule has 0 saturated heterocycles. The van der Waals surface area contributed by atoms with Crippen LogP contribution >= 0.6 is 11.6 Å². The first-order valence-corrected chi connectivity index (χ1v) is 11.0. The molecule has 1 aliphatic carbocycles. The lowest BCUT2D eigenvalue weighted by atomic mass is 9.98. The van der Waals surface area contributed by atoms with Crippen LogP contribution in [0.25, 0.3) is 22.6 Å². The average Bonchev–Trinajstić information content (AvgIpc) is 3.22. The number of carbonyl (C=O) groups excluding carboxylic acids is 2. The predicted octanol–water partition coefficient (Wildman–Crippen LogP) is 6.14. The number of carbonyl (C=O) groups is 2. The summed E-state index contributed by atoms with van der Waals surface area (Å²) in [6.45, 7) is 5.37. The monoisotopic (exact) mass is 461 g/mol. The molecule has 168 valence electrons. The van der Waals surface area contributed by atoms with Crippen LogP contribution in [0.15, 0.2) is 70.9 Å². The number of aryl methyl sites for hydroxylation is 1. The number of benzene rings is 1. The van der Waals surface area contributed by atoms with Crippen LogP contribution in [-0.2, 0) is 4.79 Å². The van der Waals surface area contributed by atoms with E-state index >= 15 is 0 Å². The maximum absolute atomic E-state index is 13.4. The van der Waals surface area contributed by atoms with E-state index in [0.717, 1.165) is 17.7 Å². The summed E-state index contributed by atoms with van der Waals surface area (Å²) in [5.74, 6) is 0.964. The second-order valence-electron chi connectivity index (χ2n) is 8.04. The van der Waals surface area contributed by atoms with Gasteiger partial charge in [0.05, 0.1) is 10.6 Å². The van der Waals surface area contributed by atoms with Crippen molar-refractivity contribution in [2.75, 3.05) is 5.32 Å². The van der Waals surface area contributed by atoms with Crippen LogP contribution in [0.5, 0.6) is 0 Å². The fourth-order valence-corrected chi connectivity index (χ4v) is 3.91. The number of furan rings is 1. The number of hydrogen-bond acceptors (Lipinski definition) is 4. The highest BCUT2D eigenvalue weighted by Gasteiger charge is 2.24. The van der Waals surface area contributed by atoms with Gasteiger partial charge in [-0.3, -0.25) is 9.59 Å². The fourth-order valence-electron chi connectivity index (χ4n) is 3.68. The van der Waals surface area contributed by atoms with E-state index in [1.807, 2.05) is 37.3 Å². The Bertz CT molecular complexity index is 1290. The highest BCUT2D eigenvalue weighted by molar-refractivity contribution is 6.33. The summed E-state index contributed by atoms with van der Waals surface area (Å²) in [7, 11) is 0. The van der Waals surface area contributed by atoms with E-state index in [4.69, 9.17) is 16.0 Å². The lowest BCUT2D eigenvalue weighted by Crippen LogP contribution is -2.27. The standard InChI is InChI=1S/C26H24ClN3O3/c1-15-8-4-7-11-22(15)30-26(32)20-12-23(33-25(20)18-9-5-6-10-21(18)27)19-13-24(29-17(3)31)28-14-16(19)2/h4-7,9-15H,8H2,1-3H3,(H,30,32)(H,28,29,31). The van der Waals surface area contributed by atoms with E-state index in [1.165, 1.54) is 6.92 Å². The molecule has 0 saturated carbocycles. The van der Waals surface area contributed by atoms with Crippen LogP contribution in [0.3, 0.4) is 0 Å². The van der Waals surface area contributed by atoms with Gasteiger partial charge in [0.2, 0.25) is 5.91 Å². The second kappa shape index (κ2) is 9.46. The summed E-state index contributed by atoms with van der Waals surface area (Å²) >= 11 is 6.45. The average molecular weight is 462 g/mol. The van der Waals surface area contributed by atoms with Gasteiger partial charge in [-0.25, -0.2) is 4.98 Å². The number of amides is 2. The number of nitrogens with one attached hydrogen (secondary N) is 2. The third-order valence-corrected chi connectivity index (χ3v) is 5.79. The quantitative estimate of drug-likeness (QED) is 0.478. The van der Waals surface area contributed by atoms with E-state index in [9.17, 15) is 9.59 Å². The van der Waals surface area contributed by atoms with Gasteiger partial charge in [0.15, 0.2) is 0 Å². The highest BCUT2D eigenvalue weighted by Crippen LogP contribution is 2.37. The normalized spacial score (nSPS) is 15.2. The van der Waals surface area contributed by atoms with Crippen LogP contribution in [0.4, 0.5) is 5.82 Å². The smallest absolute Gasteiger partial charge is 0.259 e. The van der Waals surface area contributed by atoms with E-state index in [2.05, 4.69) is 28.6 Å². The molecular formula is C26H24ClN3O3. The first-order valence-electron chi connectivity index (χ1n) is 10.6. The molecule has 0 aliphatic heterocycles. The number of aromatic nitrogens is 1. The number of nitrogens with zero attached hydrogens (tertiary/aromatic N) is 1. The zero-order valence-corrected chi connectivity index (χ0v) is 19.4. The Morgan fingerprint density at radius 2 is 1.94 bits per heavy atom. The van der Waals surface area contributed by atoms with Crippen LogP contribution in [0, 0.1) is 12.8 Å². The molecule has 3 aromatic rings. The minimum absolute atomic E-state index is 0.205. The Morgan fingerprint density at radius 3 is 2.67 bits per heavy atom. The van der Waals surface area contributed by atoms with Crippen LogP contribution < -0.4 is 10.6 Å². The summed E-state index contributed by atoms with van der Waals surface area (Å²) in [6, 6.07) is 10.7. The first-order chi connectivity index (χ1) is 15.8. The summed E-state index contributed by atoms with van der Waals surface area (Å²) in [5, 5.41) is 6.19. The van der Waals surface area contributed by atoms with Crippen molar-refractivity contribution in [1.82, 2.24) is 10.3 Å². The molecule has 0 radical (unpaired) electrons. The SMILES string of the molecule is CC(=O)Nc1cc(-c2cc(C(=O)NC3=CC=CCC3C)c(-c3ccccc3Cl)o2)c(C)cn1. The van der Waals surface area contributed by atoms with E-state index < -0.39 is 0 Å². The van der Waals surface area contributed by atoms with Gasteiger partial charge in [-0.2, -0.15) is 0 Å². The molecule has 6 nitrogen and oxygen atoms in total. The molecule has 1 aromatic carbocycles. The second-order valence-corrected chi connectivity index (χ2v) is 8.45. The number of anilines is 1. The maximum atomic E-state index is 13.4. The van der Waals surface area contributed by atoms with Gasteiger partial charge in [0.25, 0.3) is 5.91 Å². The minimum Gasteiger partial charge on any atom is -0.455 e. The number of hydrogen-bond donors (Lipinski definition) is 2. The van der Waals surface area contributed by atoms with Gasteiger partial charge in [-0.15, -0.1) is 0 Å². The van der Waals surface area contributed by atoms with E-state index in [1.54, 1.807) is 24.4 Å². The van der Waals surface area contributed by atoms with Crippen molar-refractivity contribution in [3.63, 3.8) is 0 Å². The van der Waals surface area contributed by atoms with Crippen molar-refractivity contribution in [2.24, 2.45) is 5.92 Å². The summed E-state index contributed by atoms with van der Waals surface area (Å²) in [6.07, 6.45) is 8.44. The summed E-state index contributed by atoms with van der Waals surface area (Å²) in [4.78, 5) is 29.1. The summed E-state index contributed by atoms with van der Waals surface area (Å²) in [5.41, 5.74) is 3.40. The van der Waals surface area contributed by atoms with Gasteiger partial charge < -0.3 is 15.1 Å². The molecule has 2 aromatic heterocycles. The molecule has 4 rings (SSSR count). The molecule has 33 heavy (non-hydrogen) atoms. The van der Waals surface area contributed by atoms with E-state index in [-0.39, 0.29) is 17.7 Å². The molecule has 7 heteroatoms. The topological polar surface area (TPSA) is 84.2 Å². The van der Waals surface area contributed by atoms with Gasteiger partial charge in [0.1, 0.15) is 17.3 Å². The predicted molar refractivity (Wildman–Crippen MR) is 130 cm³/mol. The van der Waals surface area contributed by atoms with Crippen LogP contribution in [0.2, 0.25) is 5.02 Å². The Balaban J connectivity index is 1.81. The Kier molecular flexibility index (Phi) is 6.47. The zero-order valence-electron chi connectivity index (χ0n) is 18.6.